The highest BCUT2D eigenvalue weighted by molar-refractivity contribution is 9.10. The number of aryl methyl sites for hydroxylation is 1. The molecule has 104 valence electrons. The van der Waals surface area contributed by atoms with E-state index in [4.69, 9.17) is 4.42 Å². The maximum absolute atomic E-state index is 5.74. The van der Waals surface area contributed by atoms with Gasteiger partial charge in [-0.1, -0.05) is 52.3 Å². The normalized spacial score (nSPS) is 11.1. The van der Waals surface area contributed by atoms with Crippen molar-refractivity contribution in [3.8, 4) is 11.5 Å². The number of aromatic nitrogens is 1. The third kappa shape index (κ3) is 3.31. The SMILES string of the molecule is Cc1oc(-c2ccccc2)nc1C=Cc1ccc(Br)cc1. The molecule has 0 saturated carbocycles. The van der Waals surface area contributed by atoms with E-state index >= 15 is 0 Å². The van der Waals surface area contributed by atoms with Crippen LogP contribution in [0.4, 0.5) is 0 Å². The molecule has 3 aromatic rings. The van der Waals surface area contributed by atoms with Gasteiger partial charge in [-0.15, -0.1) is 0 Å². The molecule has 2 nitrogen and oxygen atoms in total. The average molecular weight is 340 g/mol. The van der Waals surface area contributed by atoms with Gasteiger partial charge in [-0.05, 0) is 42.8 Å². The summed E-state index contributed by atoms with van der Waals surface area (Å²) in [7, 11) is 0. The number of rotatable bonds is 3. The maximum atomic E-state index is 5.74. The van der Waals surface area contributed by atoms with Crippen LogP contribution in [0.1, 0.15) is 17.0 Å². The van der Waals surface area contributed by atoms with Crippen molar-refractivity contribution in [2.45, 2.75) is 6.92 Å². The largest absolute Gasteiger partial charge is 0.441 e. The van der Waals surface area contributed by atoms with E-state index in [0.717, 1.165) is 27.1 Å². The first-order valence-corrected chi connectivity index (χ1v) is 7.48. The molecular weight excluding hydrogens is 326 g/mol. The maximum Gasteiger partial charge on any atom is 0.226 e. The zero-order valence-electron chi connectivity index (χ0n) is 11.6. The molecule has 21 heavy (non-hydrogen) atoms. The zero-order valence-corrected chi connectivity index (χ0v) is 13.2. The van der Waals surface area contributed by atoms with Crippen LogP contribution in [-0.2, 0) is 0 Å². The van der Waals surface area contributed by atoms with Gasteiger partial charge in [0.1, 0.15) is 11.5 Å². The number of halogens is 1. The number of benzene rings is 2. The smallest absolute Gasteiger partial charge is 0.226 e. The number of hydrogen-bond donors (Lipinski definition) is 0. The molecule has 3 rings (SSSR count). The van der Waals surface area contributed by atoms with Crippen molar-refractivity contribution < 1.29 is 4.42 Å². The lowest BCUT2D eigenvalue weighted by atomic mass is 10.2. The second-order valence-corrected chi connectivity index (χ2v) is 5.63. The average Bonchev–Trinajstić information content (AvgIpc) is 2.89. The Bertz CT molecular complexity index is 758. The Labute approximate surface area is 132 Å². The number of nitrogens with zero attached hydrogens (tertiary/aromatic N) is 1. The minimum Gasteiger partial charge on any atom is -0.441 e. The van der Waals surface area contributed by atoms with Gasteiger partial charge >= 0.3 is 0 Å². The highest BCUT2D eigenvalue weighted by Gasteiger charge is 2.08. The van der Waals surface area contributed by atoms with E-state index in [1.807, 2.05) is 73.7 Å². The summed E-state index contributed by atoms with van der Waals surface area (Å²) in [5, 5.41) is 0. The summed E-state index contributed by atoms with van der Waals surface area (Å²) in [6.07, 6.45) is 4.01. The molecule has 0 unspecified atom stereocenters. The summed E-state index contributed by atoms with van der Waals surface area (Å²) in [5.41, 5.74) is 2.97. The monoisotopic (exact) mass is 339 g/mol. The van der Waals surface area contributed by atoms with Crippen LogP contribution in [0.25, 0.3) is 23.6 Å². The first-order valence-electron chi connectivity index (χ1n) is 6.69. The van der Waals surface area contributed by atoms with Gasteiger partial charge in [0, 0.05) is 10.0 Å². The van der Waals surface area contributed by atoms with Gasteiger partial charge in [-0.2, -0.15) is 0 Å². The molecule has 0 amide bonds. The van der Waals surface area contributed by atoms with Crippen LogP contribution in [0.3, 0.4) is 0 Å². The summed E-state index contributed by atoms with van der Waals surface area (Å²) in [4.78, 5) is 4.55. The molecule has 0 spiro atoms. The van der Waals surface area contributed by atoms with Crippen molar-refractivity contribution in [1.29, 1.82) is 0 Å². The van der Waals surface area contributed by atoms with Gasteiger partial charge in [0.15, 0.2) is 0 Å². The van der Waals surface area contributed by atoms with Crippen molar-refractivity contribution in [2.75, 3.05) is 0 Å². The van der Waals surface area contributed by atoms with Crippen molar-refractivity contribution in [1.82, 2.24) is 4.98 Å². The first kappa shape index (κ1) is 13.8. The lowest BCUT2D eigenvalue weighted by Crippen LogP contribution is -1.78. The van der Waals surface area contributed by atoms with Gasteiger partial charge in [0.25, 0.3) is 0 Å². The first-order chi connectivity index (χ1) is 10.2. The zero-order chi connectivity index (χ0) is 14.7. The van der Waals surface area contributed by atoms with Crippen molar-refractivity contribution >= 4 is 28.1 Å². The predicted molar refractivity (Wildman–Crippen MR) is 89.7 cm³/mol. The summed E-state index contributed by atoms with van der Waals surface area (Å²) in [6.45, 7) is 1.93. The van der Waals surface area contributed by atoms with Crippen molar-refractivity contribution in [3.63, 3.8) is 0 Å². The van der Waals surface area contributed by atoms with Crippen LogP contribution < -0.4 is 0 Å². The highest BCUT2D eigenvalue weighted by Crippen LogP contribution is 2.22. The van der Waals surface area contributed by atoms with Crippen LogP contribution in [0.5, 0.6) is 0 Å². The molecule has 0 aliphatic carbocycles. The van der Waals surface area contributed by atoms with Crippen LogP contribution in [-0.4, -0.2) is 4.98 Å². The Morgan fingerprint density at radius 1 is 0.952 bits per heavy atom. The Hall–Kier alpha value is -2.13. The molecule has 3 heteroatoms. The van der Waals surface area contributed by atoms with E-state index in [1.54, 1.807) is 0 Å². The Morgan fingerprint density at radius 2 is 1.67 bits per heavy atom. The number of oxazole rings is 1. The van der Waals surface area contributed by atoms with Crippen LogP contribution in [0.15, 0.2) is 63.5 Å². The molecule has 0 N–H and O–H groups in total. The quantitative estimate of drug-likeness (QED) is 0.622. The van der Waals surface area contributed by atoms with Crippen LogP contribution >= 0.6 is 15.9 Å². The second-order valence-electron chi connectivity index (χ2n) is 4.71. The van der Waals surface area contributed by atoms with Gasteiger partial charge in [-0.25, -0.2) is 4.98 Å². The van der Waals surface area contributed by atoms with E-state index in [2.05, 4.69) is 20.9 Å². The third-order valence-corrected chi connectivity index (χ3v) is 3.69. The Balaban J connectivity index is 1.86. The minimum atomic E-state index is 0.656. The third-order valence-electron chi connectivity index (χ3n) is 3.16. The molecule has 1 heterocycles. The van der Waals surface area contributed by atoms with Crippen LogP contribution in [0.2, 0.25) is 0 Å². The lowest BCUT2D eigenvalue weighted by Gasteiger charge is -1.93. The molecule has 0 aliphatic heterocycles. The molecular formula is C18H14BrNO. The van der Waals surface area contributed by atoms with Gasteiger partial charge in [0.05, 0.1) is 0 Å². The van der Waals surface area contributed by atoms with E-state index in [9.17, 15) is 0 Å². The molecule has 0 atom stereocenters. The molecule has 0 saturated heterocycles. The Morgan fingerprint density at radius 3 is 2.38 bits per heavy atom. The van der Waals surface area contributed by atoms with Crippen molar-refractivity contribution in [3.05, 3.63) is 76.1 Å². The molecule has 0 bridgehead atoms. The fraction of sp³-hybridized carbons (Fsp3) is 0.0556. The fourth-order valence-electron chi connectivity index (χ4n) is 2.02. The van der Waals surface area contributed by atoms with E-state index in [-0.39, 0.29) is 0 Å². The lowest BCUT2D eigenvalue weighted by molar-refractivity contribution is 0.542. The fourth-order valence-corrected chi connectivity index (χ4v) is 2.28. The summed E-state index contributed by atoms with van der Waals surface area (Å²) in [6, 6.07) is 18.1. The standard InChI is InChI=1S/C18H14BrNO/c1-13-17(12-9-14-7-10-16(19)11-8-14)20-18(21-13)15-5-3-2-4-6-15/h2-12H,1H3. The van der Waals surface area contributed by atoms with Gasteiger partial charge in [0.2, 0.25) is 5.89 Å². The minimum absolute atomic E-state index is 0.656. The van der Waals surface area contributed by atoms with Crippen molar-refractivity contribution in [2.24, 2.45) is 0 Å². The van der Waals surface area contributed by atoms with E-state index in [0.29, 0.717) is 5.89 Å². The van der Waals surface area contributed by atoms with E-state index in [1.165, 1.54) is 0 Å². The van der Waals surface area contributed by atoms with Crippen LogP contribution in [0, 0.1) is 6.92 Å². The molecule has 2 aromatic carbocycles. The molecule has 0 aliphatic rings. The Kier molecular flexibility index (Phi) is 4.02. The molecule has 0 radical (unpaired) electrons. The topological polar surface area (TPSA) is 26.0 Å². The van der Waals surface area contributed by atoms with E-state index < -0.39 is 0 Å². The number of hydrogen-bond acceptors (Lipinski definition) is 2. The molecule has 1 aromatic heterocycles. The molecule has 0 fully saturated rings. The predicted octanol–water partition coefficient (Wildman–Crippen LogP) is 5.58. The van der Waals surface area contributed by atoms with Gasteiger partial charge < -0.3 is 4.42 Å². The summed E-state index contributed by atoms with van der Waals surface area (Å²) in [5.74, 6) is 1.48. The summed E-state index contributed by atoms with van der Waals surface area (Å²) < 4.78 is 6.81. The van der Waals surface area contributed by atoms with Gasteiger partial charge in [-0.3, -0.25) is 0 Å². The second kappa shape index (κ2) is 6.10. The highest BCUT2D eigenvalue weighted by atomic mass is 79.9. The summed E-state index contributed by atoms with van der Waals surface area (Å²) >= 11 is 3.43.